The molecule has 2 unspecified atom stereocenters. The lowest BCUT2D eigenvalue weighted by molar-refractivity contribution is 0.0954. The summed E-state index contributed by atoms with van der Waals surface area (Å²) in [4.78, 5) is 20.4. The zero-order valence-corrected chi connectivity index (χ0v) is 26.1. The number of anilines is 1. The van der Waals surface area contributed by atoms with Crippen LogP contribution in [-0.2, 0) is 6.42 Å². The predicted octanol–water partition coefficient (Wildman–Crippen LogP) is 7.02. The fourth-order valence-electron chi connectivity index (χ4n) is 5.91. The first-order chi connectivity index (χ1) is 19.0. The fraction of sp³-hybridized carbons (Fsp3) is 0.562. The highest BCUT2D eigenvalue weighted by molar-refractivity contribution is 6.35. The molecule has 2 aromatic rings. The summed E-state index contributed by atoms with van der Waals surface area (Å²) in [7, 11) is 0. The predicted molar refractivity (Wildman–Crippen MR) is 169 cm³/mol. The Morgan fingerprint density at radius 2 is 1.65 bits per heavy atom. The van der Waals surface area contributed by atoms with Gasteiger partial charge < -0.3 is 20.9 Å². The van der Waals surface area contributed by atoms with Gasteiger partial charge in [0, 0.05) is 53.0 Å². The zero-order chi connectivity index (χ0) is 28.9. The minimum Gasteiger partial charge on any atom is -0.352 e. The molecular formula is C32H45Cl2N5O. The topological polar surface area (TPSA) is 68.8 Å². The minimum absolute atomic E-state index is 0.106. The number of hydrogen-bond acceptors (Lipinski definition) is 3. The van der Waals surface area contributed by atoms with Crippen LogP contribution in [0.5, 0.6) is 0 Å². The molecule has 4 rings (SSSR count). The maximum absolute atomic E-state index is 12.8. The number of piperazine rings is 1. The first-order valence-corrected chi connectivity index (χ1v) is 15.4. The SMILES string of the molecule is CC1CN(C(=NC2CCC(C(C)(C)C)CC2)Nc2ccc(C(=O)NCCc3ccc(Cl)cc3Cl)cc2)CC(C)N1. The molecule has 0 aromatic heterocycles. The minimum atomic E-state index is -0.106. The smallest absolute Gasteiger partial charge is 0.251 e. The van der Waals surface area contributed by atoms with Gasteiger partial charge >= 0.3 is 0 Å². The third-order valence-corrected chi connectivity index (χ3v) is 8.77. The molecule has 8 heteroatoms. The van der Waals surface area contributed by atoms with E-state index in [4.69, 9.17) is 28.2 Å². The number of halogens is 2. The van der Waals surface area contributed by atoms with Crippen molar-refractivity contribution < 1.29 is 4.79 Å². The van der Waals surface area contributed by atoms with Crippen LogP contribution >= 0.6 is 23.2 Å². The van der Waals surface area contributed by atoms with E-state index in [1.54, 1.807) is 6.07 Å². The lowest BCUT2D eigenvalue weighted by Crippen LogP contribution is -2.57. The summed E-state index contributed by atoms with van der Waals surface area (Å²) in [5.41, 5.74) is 2.87. The van der Waals surface area contributed by atoms with Gasteiger partial charge in [0.2, 0.25) is 0 Å². The van der Waals surface area contributed by atoms with E-state index < -0.39 is 0 Å². The van der Waals surface area contributed by atoms with Gasteiger partial charge in [-0.05, 0) is 99.2 Å². The Kier molecular flexibility index (Phi) is 10.4. The number of nitrogens with one attached hydrogen (secondary N) is 3. The molecule has 2 atom stereocenters. The molecule has 0 spiro atoms. The molecule has 2 aliphatic rings. The van der Waals surface area contributed by atoms with E-state index >= 15 is 0 Å². The van der Waals surface area contributed by atoms with Crippen LogP contribution in [0.1, 0.15) is 76.2 Å². The zero-order valence-electron chi connectivity index (χ0n) is 24.6. The number of benzene rings is 2. The number of carbonyl (C=O) groups is 1. The van der Waals surface area contributed by atoms with Crippen molar-refractivity contribution in [2.24, 2.45) is 16.3 Å². The van der Waals surface area contributed by atoms with Crippen molar-refractivity contribution in [1.82, 2.24) is 15.5 Å². The Balaban J connectivity index is 1.39. The third-order valence-electron chi connectivity index (χ3n) is 8.18. The number of guanidine groups is 1. The largest absolute Gasteiger partial charge is 0.352 e. The molecular weight excluding hydrogens is 541 g/mol. The Labute approximate surface area is 250 Å². The Morgan fingerprint density at radius 1 is 1.00 bits per heavy atom. The highest BCUT2D eigenvalue weighted by Gasteiger charge is 2.31. The van der Waals surface area contributed by atoms with Gasteiger partial charge in [-0.25, -0.2) is 4.99 Å². The van der Waals surface area contributed by atoms with Gasteiger partial charge in [-0.3, -0.25) is 4.79 Å². The van der Waals surface area contributed by atoms with Gasteiger partial charge in [-0.15, -0.1) is 0 Å². The van der Waals surface area contributed by atoms with E-state index in [0.29, 0.717) is 52.1 Å². The molecule has 1 amide bonds. The van der Waals surface area contributed by atoms with Crippen molar-refractivity contribution in [3.8, 4) is 0 Å². The molecule has 2 aromatic carbocycles. The van der Waals surface area contributed by atoms with Crippen LogP contribution < -0.4 is 16.0 Å². The van der Waals surface area contributed by atoms with Gasteiger partial charge in [0.15, 0.2) is 5.96 Å². The molecule has 2 fully saturated rings. The summed E-state index contributed by atoms with van der Waals surface area (Å²) in [5.74, 6) is 1.60. The number of amides is 1. The average molecular weight is 587 g/mol. The first kappa shape index (κ1) is 30.7. The average Bonchev–Trinajstić information content (AvgIpc) is 2.89. The molecule has 1 saturated carbocycles. The molecule has 218 valence electrons. The van der Waals surface area contributed by atoms with Gasteiger partial charge in [-0.2, -0.15) is 0 Å². The van der Waals surface area contributed by atoms with Crippen LogP contribution in [0.15, 0.2) is 47.5 Å². The summed E-state index contributed by atoms with van der Waals surface area (Å²) in [6.45, 7) is 13.8. The third kappa shape index (κ3) is 8.61. The summed E-state index contributed by atoms with van der Waals surface area (Å²) in [6, 6.07) is 14.2. The van der Waals surface area contributed by atoms with Gasteiger partial charge in [0.25, 0.3) is 5.91 Å². The number of aliphatic imine (C=N–C) groups is 1. The molecule has 6 nitrogen and oxygen atoms in total. The van der Waals surface area contributed by atoms with E-state index in [0.717, 1.165) is 49.1 Å². The van der Waals surface area contributed by atoms with Crippen molar-refractivity contribution in [3.63, 3.8) is 0 Å². The maximum Gasteiger partial charge on any atom is 0.251 e. The van der Waals surface area contributed by atoms with E-state index in [9.17, 15) is 4.79 Å². The first-order valence-electron chi connectivity index (χ1n) is 14.7. The monoisotopic (exact) mass is 585 g/mol. The van der Waals surface area contributed by atoms with E-state index in [1.165, 1.54) is 12.8 Å². The van der Waals surface area contributed by atoms with Crippen LogP contribution in [0.4, 0.5) is 5.69 Å². The molecule has 40 heavy (non-hydrogen) atoms. The highest BCUT2D eigenvalue weighted by Crippen LogP contribution is 2.38. The van der Waals surface area contributed by atoms with Gasteiger partial charge in [0.05, 0.1) is 6.04 Å². The Morgan fingerprint density at radius 3 is 2.25 bits per heavy atom. The van der Waals surface area contributed by atoms with E-state index in [-0.39, 0.29) is 5.91 Å². The standard InChI is InChI=1S/C32H45Cl2N5O/c1-21-19-39(20-22(2)36-21)31(38-28-14-9-25(10-15-28)32(3,4)5)37-27-12-7-24(8-13-27)30(40)35-17-16-23-6-11-26(33)18-29(23)34/h6-8,11-13,18,21-22,25,28,36H,9-10,14-17,19-20H2,1-5H3,(H,35,40)(H,37,38). The van der Waals surface area contributed by atoms with E-state index in [1.807, 2.05) is 36.4 Å². The lowest BCUT2D eigenvalue weighted by Gasteiger charge is -2.39. The van der Waals surface area contributed by atoms with Crippen molar-refractivity contribution in [3.05, 3.63) is 63.6 Å². The van der Waals surface area contributed by atoms with Crippen LogP contribution in [0.2, 0.25) is 10.0 Å². The molecule has 1 aliphatic carbocycles. The van der Waals surface area contributed by atoms with Gasteiger partial charge in [0.1, 0.15) is 0 Å². The summed E-state index contributed by atoms with van der Waals surface area (Å²) in [6.07, 6.45) is 5.36. The second-order valence-electron chi connectivity index (χ2n) is 12.6. The fourth-order valence-corrected chi connectivity index (χ4v) is 6.41. The van der Waals surface area contributed by atoms with Crippen molar-refractivity contribution in [2.45, 2.75) is 84.8 Å². The Hall–Kier alpha value is -2.28. The summed E-state index contributed by atoms with van der Waals surface area (Å²) in [5, 5.41) is 11.4. The quantitative estimate of drug-likeness (QED) is 0.251. The van der Waals surface area contributed by atoms with Crippen LogP contribution in [0.25, 0.3) is 0 Å². The molecule has 3 N–H and O–H groups in total. The lowest BCUT2D eigenvalue weighted by atomic mass is 9.71. The second-order valence-corrected chi connectivity index (χ2v) is 13.5. The van der Waals surface area contributed by atoms with Crippen LogP contribution in [-0.4, -0.2) is 54.5 Å². The number of carbonyl (C=O) groups excluding carboxylic acids is 1. The van der Waals surface area contributed by atoms with E-state index in [2.05, 4.69) is 55.5 Å². The molecule has 1 heterocycles. The number of rotatable bonds is 6. The van der Waals surface area contributed by atoms with Crippen molar-refractivity contribution in [2.75, 3.05) is 25.0 Å². The molecule has 1 saturated heterocycles. The maximum atomic E-state index is 12.8. The van der Waals surface area contributed by atoms with Crippen molar-refractivity contribution >= 4 is 40.8 Å². The van der Waals surface area contributed by atoms with Crippen molar-refractivity contribution in [1.29, 1.82) is 0 Å². The van der Waals surface area contributed by atoms with Crippen LogP contribution in [0.3, 0.4) is 0 Å². The summed E-state index contributed by atoms with van der Waals surface area (Å²) < 4.78 is 0. The summed E-state index contributed by atoms with van der Waals surface area (Å²) >= 11 is 12.2. The second kappa shape index (κ2) is 13.6. The Bertz CT molecular complexity index is 1160. The highest BCUT2D eigenvalue weighted by atomic mass is 35.5. The van der Waals surface area contributed by atoms with Crippen LogP contribution in [0, 0.1) is 11.3 Å². The molecule has 1 aliphatic heterocycles. The normalized spacial score (nSPS) is 24.1. The van der Waals surface area contributed by atoms with Gasteiger partial charge in [-0.1, -0.05) is 50.0 Å². The number of nitrogens with zero attached hydrogens (tertiary/aromatic N) is 2. The molecule has 0 radical (unpaired) electrons. The number of hydrogen-bond donors (Lipinski definition) is 3. The molecule has 0 bridgehead atoms.